The molecule has 0 atom stereocenters. The van der Waals surface area contributed by atoms with Gasteiger partial charge in [-0.25, -0.2) is 13.4 Å². The summed E-state index contributed by atoms with van der Waals surface area (Å²) < 4.78 is 45.1. The Balaban J connectivity index is 0.000000633. The predicted octanol–water partition coefficient (Wildman–Crippen LogP) is 5.98. The SMILES string of the molecule is COc1ccccc1Sc1c(NS(=O)(=O)c2ccc(C(C)(C)C)cc2)nc(C)nc1OCCOC=O.Cc1cccnc1. The van der Waals surface area contributed by atoms with Crippen molar-refractivity contribution in [1.82, 2.24) is 15.0 Å². The first-order chi connectivity index (χ1) is 20.4. The molecule has 0 aliphatic heterocycles. The Morgan fingerprint density at radius 3 is 2.26 bits per heavy atom. The summed E-state index contributed by atoms with van der Waals surface area (Å²) in [6, 6.07) is 17.9. The van der Waals surface area contributed by atoms with Gasteiger partial charge in [-0.2, -0.15) is 4.98 Å². The molecule has 4 rings (SSSR count). The molecule has 228 valence electrons. The Kier molecular flexibility index (Phi) is 11.9. The number of para-hydroxylation sites is 1. The number of anilines is 1. The molecule has 12 heteroatoms. The van der Waals surface area contributed by atoms with E-state index in [2.05, 4.69) is 40.4 Å². The van der Waals surface area contributed by atoms with Crippen LogP contribution in [0.3, 0.4) is 0 Å². The van der Waals surface area contributed by atoms with Gasteiger partial charge in [0.15, 0.2) is 5.82 Å². The zero-order valence-electron chi connectivity index (χ0n) is 25.0. The number of carbonyl (C=O) groups is 1. The van der Waals surface area contributed by atoms with Crippen molar-refractivity contribution in [3.05, 3.63) is 90.0 Å². The molecule has 10 nitrogen and oxygen atoms in total. The van der Waals surface area contributed by atoms with Crippen LogP contribution in [0.4, 0.5) is 5.82 Å². The second-order valence-corrected chi connectivity index (χ2v) is 13.0. The molecule has 0 unspecified atom stereocenters. The van der Waals surface area contributed by atoms with Gasteiger partial charge in [0.2, 0.25) is 5.88 Å². The van der Waals surface area contributed by atoms with Gasteiger partial charge < -0.3 is 14.2 Å². The fraction of sp³-hybridized carbons (Fsp3) is 0.290. The van der Waals surface area contributed by atoms with Crippen molar-refractivity contribution >= 4 is 34.1 Å². The lowest BCUT2D eigenvalue weighted by molar-refractivity contribution is -0.129. The molecule has 0 saturated heterocycles. The van der Waals surface area contributed by atoms with Crippen molar-refractivity contribution in [2.45, 2.75) is 54.7 Å². The van der Waals surface area contributed by atoms with Gasteiger partial charge in [0, 0.05) is 12.4 Å². The molecular weight excluding hydrogens is 588 g/mol. The molecule has 0 saturated carbocycles. The van der Waals surface area contributed by atoms with E-state index in [1.807, 2.05) is 43.5 Å². The Hall–Kier alpha value is -4.16. The number of carbonyl (C=O) groups excluding carboxylic acids is 1. The third kappa shape index (κ3) is 9.97. The summed E-state index contributed by atoms with van der Waals surface area (Å²) in [6.45, 7) is 10.2. The summed E-state index contributed by atoms with van der Waals surface area (Å²) in [6.07, 6.45) is 3.60. The van der Waals surface area contributed by atoms with Crippen molar-refractivity contribution in [1.29, 1.82) is 0 Å². The highest BCUT2D eigenvalue weighted by atomic mass is 32.2. The smallest absolute Gasteiger partial charge is 0.293 e. The lowest BCUT2D eigenvalue weighted by Crippen LogP contribution is -2.17. The van der Waals surface area contributed by atoms with Crippen molar-refractivity contribution in [2.75, 3.05) is 25.0 Å². The molecular formula is C31H36N4O6S2. The average molecular weight is 625 g/mol. The van der Waals surface area contributed by atoms with E-state index < -0.39 is 10.0 Å². The van der Waals surface area contributed by atoms with E-state index in [0.29, 0.717) is 27.8 Å². The standard InChI is InChI=1S/C25H29N3O6S2.C6H7N/c1-17-26-23(28-36(30,31)19-12-10-18(11-13-19)25(2,3)4)22(24(27-17)34-15-14-33-16-29)35-21-9-7-6-8-20(21)32-5;1-6-3-2-4-7-5-6/h6-13,16H,14-15H2,1-5H3,(H,26,27,28);2-5H,1H3. The average Bonchev–Trinajstić information content (AvgIpc) is 2.97. The van der Waals surface area contributed by atoms with Crippen LogP contribution < -0.4 is 14.2 Å². The maximum atomic E-state index is 13.3. The maximum Gasteiger partial charge on any atom is 0.293 e. The van der Waals surface area contributed by atoms with E-state index in [0.717, 1.165) is 5.56 Å². The quantitative estimate of drug-likeness (QED) is 0.157. The lowest BCUT2D eigenvalue weighted by Gasteiger charge is -2.19. The Morgan fingerprint density at radius 1 is 0.953 bits per heavy atom. The number of sulfonamides is 1. The van der Waals surface area contributed by atoms with Crippen LogP contribution in [0.1, 0.15) is 37.7 Å². The molecule has 0 bridgehead atoms. The molecule has 0 spiro atoms. The van der Waals surface area contributed by atoms with Gasteiger partial charge >= 0.3 is 0 Å². The summed E-state index contributed by atoms with van der Waals surface area (Å²) in [7, 11) is -2.43. The first-order valence-corrected chi connectivity index (χ1v) is 15.6. The highest BCUT2D eigenvalue weighted by molar-refractivity contribution is 7.99. The van der Waals surface area contributed by atoms with E-state index in [9.17, 15) is 13.2 Å². The third-order valence-corrected chi connectivity index (χ3v) is 8.29. The zero-order valence-corrected chi connectivity index (χ0v) is 26.7. The highest BCUT2D eigenvalue weighted by Gasteiger charge is 2.24. The molecule has 0 fully saturated rings. The number of hydrogen-bond acceptors (Lipinski definition) is 10. The van der Waals surface area contributed by atoms with Crippen molar-refractivity contribution in [3.8, 4) is 11.6 Å². The number of rotatable bonds is 11. The van der Waals surface area contributed by atoms with Crippen molar-refractivity contribution in [2.24, 2.45) is 0 Å². The van der Waals surface area contributed by atoms with E-state index in [4.69, 9.17) is 14.2 Å². The monoisotopic (exact) mass is 624 g/mol. The molecule has 0 aliphatic rings. The molecule has 2 heterocycles. The topological polar surface area (TPSA) is 130 Å². The van der Waals surface area contributed by atoms with Gasteiger partial charge in [-0.3, -0.25) is 14.5 Å². The van der Waals surface area contributed by atoms with Crippen LogP contribution in [0, 0.1) is 13.8 Å². The summed E-state index contributed by atoms with van der Waals surface area (Å²) in [5.74, 6) is 1.09. The maximum absolute atomic E-state index is 13.3. The second kappa shape index (κ2) is 15.4. The van der Waals surface area contributed by atoms with Crippen LogP contribution in [0.15, 0.2) is 87.7 Å². The molecule has 0 aliphatic carbocycles. The number of hydrogen-bond donors (Lipinski definition) is 1. The summed E-state index contributed by atoms with van der Waals surface area (Å²) in [5.41, 5.74) is 2.11. The Morgan fingerprint density at radius 2 is 1.67 bits per heavy atom. The molecule has 43 heavy (non-hydrogen) atoms. The predicted molar refractivity (Wildman–Crippen MR) is 166 cm³/mol. The second-order valence-electron chi connectivity index (χ2n) is 10.2. The third-order valence-electron chi connectivity index (χ3n) is 5.81. The lowest BCUT2D eigenvalue weighted by atomic mass is 9.87. The van der Waals surface area contributed by atoms with Crippen LogP contribution in [0.2, 0.25) is 0 Å². The van der Waals surface area contributed by atoms with Crippen molar-refractivity contribution < 1.29 is 27.4 Å². The molecule has 1 N–H and O–H groups in total. The summed E-state index contributed by atoms with van der Waals surface area (Å²) in [5, 5.41) is 0. The van der Waals surface area contributed by atoms with Crippen LogP contribution >= 0.6 is 11.8 Å². The molecule has 4 aromatic rings. The van der Waals surface area contributed by atoms with E-state index in [1.54, 1.807) is 50.6 Å². The van der Waals surface area contributed by atoms with Gasteiger partial charge in [-0.1, -0.05) is 62.9 Å². The minimum Gasteiger partial charge on any atom is -0.496 e. The van der Waals surface area contributed by atoms with Crippen LogP contribution in [0.25, 0.3) is 0 Å². The fourth-order valence-corrected chi connectivity index (χ4v) is 5.69. The minimum atomic E-state index is -3.98. The number of benzene rings is 2. The minimum absolute atomic E-state index is 0.00645. The Labute approximate surface area is 257 Å². The highest BCUT2D eigenvalue weighted by Crippen LogP contribution is 2.42. The number of pyridine rings is 1. The van der Waals surface area contributed by atoms with Gasteiger partial charge in [-0.15, -0.1) is 0 Å². The molecule has 0 amide bonds. The first kappa shape index (κ1) is 33.3. The van der Waals surface area contributed by atoms with Gasteiger partial charge in [-0.05, 0) is 60.7 Å². The number of aromatic nitrogens is 3. The van der Waals surface area contributed by atoms with Crippen LogP contribution in [-0.4, -0.2) is 50.2 Å². The van der Waals surface area contributed by atoms with Gasteiger partial charge in [0.25, 0.3) is 16.5 Å². The molecule has 2 aromatic carbocycles. The summed E-state index contributed by atoms with van der Waals surface area (Å²) >= 11 is 1.19. The van der Waals surface area contributed by atoms with E-state index in [-0.39, 0.29) is 35.2 Å². The zero-order chi connectivity index (χ0) is 31.5. The number of methoxy groups -OCH3 is 1. The fourth-order valence-electron chi connectivity index (χ4n) is 3.61. The van der Waals surface area contributed by atoms with E-state index in [1.165, 1.54) is 17.3 Å². The first-order valence-electron chi connectivity index (χ1n) is 13.3. The number of aryl methyl sites for hydroxylation is 2. The number of ether oxygens (including phenoxy) is 3. The molecule has 0 radical (unpaired) electrons. The number of nitrogens with zero attached hydrogens (tertiary/aromatic N) is 3. The van der Waals surface area contributed by atoms with Gasteiger partial charge in [0.1, 0.15) is 29.7 Å². The summed E-state index contributed by atoms with van der Waals surface area (Å²) in [4.78, 5) is 24.2. The normalized spacial score (nSPS) is 11.1. The largest absolute Gasteiger partial charge is 0.496 e. The van der Waals surface area contributed by atoms with Crippen LogP contribution in [-0.2, 0) is 25.0 Å². The van der Waals surface area contributed by atoms with Crippen molar-refractivity contribution in [3.63, 3.8) is 0 Å². The molecule has 2 aromatic heterocycles. The number of nitrogens with one attached hydrogen (secondary N) is 1. The van der Waals surface area contributed by atoms with E-state index >= 15 is 0 Å². The van der Waals surface area contributed by atoms with Gasteiger partial charge in [0.05, 0.1) is 16.9 Å². The van der Waals surface area contributed by atoms with Crippen LogP contribution in [0.5, 0.6) is 11.6 Å². The Bertz CT molecular complexity index is 1590.